The van der Waals surface area contributed by atoms with Gasteiger partial charge in [-0.15, -0.1) is 0 Å². The minimum absolute atomic E-state index is 0.136. The zero-order valence-corrected chi connectivity index (χ0v) is 15.9. The second kappa shape index (κ2) is 7.61. The molecule has 0 unspecified atom stereocenters. The van der Waals surface area contributed by atoms with E-state index in [2.05, 4.69) is 24.1 Å². The van der Waals surface area contributed by atoms with Crippen molar-refractivity contribution in [1.82, 2.24) is 4.98 Å². The quantitative estimate of drug-likeness (QED) is 0.432. The fraction of sp³-hybridized carbons (Fsp3) is 0.125. The normalized spacial score (nSPS) is 11.0. The van der Waals surface area contributed by atoms with Gasteiger partial charge in [0.05, 0.1) is 17.5 Å². The molecule has 4 rings (SSSR count). The maximum Gasteiger partial charge on any atom is 0.258 e. The van der Waals surface area contributed by atoms with E-state index in [-0.39, 0.29) is 11.8 Å². The van der Waals surface area contributed by atoms with Crippen LogP contribution in [-0.4, -0.2) is 10.9 Å². The molecule has 2 aromatic carbocycles. The summed E-state index contributed by atoms with van der Waals surface area (Å²) in [4.78, 5) is 16.8. The van der Waals surface area contributed by atoms with Gasteiger partial charge >= 0.3 is 0 Å². The van der Waals surface area contributed by atoms with Crippen molar-refractivity contribution >= 4 is 11.6 Å². The van der Waals surface area contributed by atoms with E-state index in [0.717, 1.165) is 28.2 Å². The Balaban J connectivity index is 1.91. The zero-order chi connectivity index (χ0) is 19.5. The van der Waals surface area contributed by atoms with Crippen molar-refractivity contribution in [2.75, 3.05) is 5.32 Å². The molecule has 0 aliphatic rings. The largest absolute Gasteiger partial charge is 0.463 e. The lowest BCUT2D eigenvalue weighted by Gasteiger charge is -2.11. The molecule has 0 atom stereocenters. The molecular formula is C24H22N2O2. The number of benzene rings is 2. The van der Waals surface area contributed by atoms with E-state index in [1.54, 1.807) is 6.26 Å². The number of anilines is 1. The summed E-state index contributed by atoms with van der Waals surface area (Å²) in [6, 6.07) is 23.2. The van der Waals surface area contributed by atoms with E-state index in [0.29, 0.717) is 11.3 Å². The van der Waals surface area contributed by atoms with E-state index >= 15 is 0 Å². The molecule has 0 spiro atoms. The molecule has 0 saturated carbocycles. The molecule has 2 aromatic heterocycles. The van der Waals surface area contributed by atoms with Gasteiger partial charge in [0.2, 0.25) is 0 Å². The molecule has 0 bridgehead atoms. The molecule has 0 aliphatic heterocycles. The number of rotatable bonds is 5. The summed E-state index contributed by atoms with van der Waals surface area (Å²) >= 11 is 0. The summed E-state index contributed by atoms with van der Waals surface area (Å²) in [5.74, 6) is 0.713. The number of hydrogen-bond acceptors (Lipinski definition) is 2. The third-order valence-electron chi connectivity index (χ3n) is 4.70. The van der Waals surface area contributed by atoms with E-state index in [1.807, 2.05) is 72.8 Å². The van der Waals surface area contributed by atoms with Crippen LogP contribution in [0.2, 0.25) is 0 Å². The Kier molecular flexibility index (Phi) is 4.85. The summed E-state index contributed by atoms with van der Waals surface area (Å²) in [6.45, 7) is 4.15. The monoisotopic (exact) mass is 370 g/mol. The maximum absolute atomic E-state index is 13.4. The summed E-state index contributed by atoms with van der Waals surface area (Å²) in [5, 5.41) is 3.03. The molecule has 2 heterocycles. The van der Waals surface area contributed by atoms with Gasteiger partial charge in [-0.1, -0.05) is 62.4 Å². The van der Waals surface area contributed by atoms with Gasteiger partial charge in [-0.2, -0.15) is 0 Å². The SMILES string of the molecule is CC(C)c1[nH]c(-c2ccco2)c(-c2ccccc2)c1C(=O)Nc1ccccc1. The van der Waals surface area contributed by atoms with Crippen molar-refractivity contribution in [2.24, 2.45) is 0 Å². The molecule has 4 aromatic rings. The zero-order valence-electron chi connectivity index (χ0n) is 15.9. The first-order valence-electron chi connectivity index (χ1n) is 9.36. The third kappa shape index (κ3) is 3.37. The molecule has 4 heteroatoms. The topological polar surface area (TPSA) is 58.0 Å². The molecule has 0 fully saturated rings. The Morgan fingerprint density at radius 1 is 0.929 bits per heavy atom. The minimum Gasteiger partial charge on any atom is -0.463 e. The van der Waals surface area contributed by atoms with Crippen LogP contribution < -0.4 is 5.32 Å². The van der Waals surface area contributed by atoms with Crippen molar-refractivity contribution in [3.8, 4) is 22.6 Å². The highest BCUT2D eigenvalue weighted by atomic mass is 16.3. The summed E-state index contributed by atoms with van der Waals surface area (Å²) in [6.07, 6.45) is 1.64. The predicted molar refractivity (Wildman–Crippen MR) is 112 cm³/mol. The lowest BCUT2D eigenvalue weighted by Crippen LogP contribution is -2.14. The standard InChI is InChI=1S/C24H22N2O2/c1-16(2)22-21(24(27)25-18-12-7-4-8-13-18)20(17-10-5-3-6-11-17)23(26-22)19-14-9-15-28-19/h3-16,26H,1-2H3,(H,25,27). The number of H-pyrrole nitrogens is 1. The van der Waals surface area contributed by atoms with Crippen LogP contribution in [0.5, 0.6) is 0 Å². The number of carbonyl (C=O) groups is 1. The summed E-state index contributed by atoms with van der Waals surface area (Å²) < 4.78 is 5.66. The lowest BCUT2D eigenvalue weighted by molar-refractivity contribution is 0.102. The van der Waals surface area contributed by atoms with E-state index in [1.165, 1.54) is 0 Å². The second-order valence-electron chi connectivity index (χ2n) is 6.98. The van der Waals surface area contributed by atoms with Crippen LogP contribution in [0.3, 0.4) is 0 Å². The summed E-state index contributed by atoms with van der Waals surface area (Å²) in [7, 11) is 0. The van der Waals surface area contributed by atoms with Gasteiger partial charge in [0.15, 0.2) is 5.76 Å². The highest BCUT2D eigenvalue weighted by Crippen LogP contribution is 2.39. The van der Waals surface area contributed by atoms with Crippen LogP contribution in [0.25, 0.3) is 22.6 Å². The van der Waals surface area contributed by atoms with Crippen LogP contribution in [0.4, 0.5) is 5.69 Å². The Morgan fingerprint density at radius 3 is 2.21 bits per heavy atom. The second-order valence-corrected chi connectivity index (χ2v) is 6.98. The van der Waals surface area contributed by atoms with Crippen LogP contribution in [0, 0.1) is 0 Å². The van der Waals surface area contributed by atoms with Crippen LogP contribution >= 0.6 is 0 Å². The fourth-order valence-corrected chi connectivity index (χ4v) is 3.40. The Bertz CT molecular complexity index is 1060. The maximum atomic E-state index is 13.4. The highest BCUT2D eigenvalue weighted by molar-refractivity contribution is 6.12. The molecule has 2 N–H and O–H groups in total. The number of carbonyl (C=O) groups excluding carboxylic acids is 1. The van der Waals surface area contributed by atoms with Crippen molar-refractivity contribution in [2.45, 2.75) is 19.8 Å². The minimum atomic E-state index is -0.136. The molecular weight excluding hydrogens is 348 g/mol. The average Bonchev–Trinajstić information content (AvgIpc) is 3.37. The first-order valence-corrected chi connectivity index (χ1v) is 9.36. The van der Waals surface area contributed by atoms with Gasteiger partial charge in [0, 0.05) is 16.9 Å². The van der Waals surface area contributed by atoms with Crippen molar-refractivity contribution < 1.29 is 9.21 Å². The highest BCUT2D eigenvalue weighted by Gasteiger charge is 2.27. The van der Waals surface area contributed by atoms with E-state index in [4.69, 9.17) is 4.42 Å². The number of aromatic nitrogens is 1. The van der Waals surface area contributed by atoms with Gasteiger partial charge in [0.25, 0.3) is 5.91 Å². The molecule has 140 valence electrons. The van der Waals surface area contributed by atoms with Crippen LogP contribution in [-0.2, 0) is 0 Å². The van der Waals surface area contributed by atoms with Gasteiger partial charge in [-0.25, -0.2) is 0 Å². The molecule has 28 heavy (non-hydrogen) atoms. The predicted octanol–water partition coefficient (Wildman–Crippen LogP) is 6.32. The number of furan rings is 1. The van der Waals surface area contributed by atoms with Gasteiger partial charge in [0.1, 0.15) is 0 Å². The van der Waals surface area contributed by atoms with Crippen molar-refractivity contribution in [3.05, 3.63) is 90.3 Å². The molecule has 4 nitrogen and oxygen atoms in total. The number of aromatic amines is 1. The van der Waals surface area contributed by atoms with Gasteiger partial charge in [-0.3, -0.25) is 4.79 Å². The van der Waals surface area contributed by atoms with Crippen molar-refractivity contribution in [1.29, 1.82) is 0 Å². The first kappa shape index (κ1) is 17.9. The summed E-state index contributed by atoms with van der Waals surface area (Å²) in [5.41, 5.74) is 4.94. The number of hydrogen-bond donors (Lipinski definition) is 2. The van der Waals surface area contributed by atoms with Crippen LogP contribution in [0.1, 0.15) is 35.8 Å². The van der Waals surface area contributed by atoms with E-state index in [9.17, 15) is 4.79 Å². The fourth-order valence-electron chi connectivity index (χ4n) is 3.40. The Hall–Kier alpha value is -3.53. The third-order valence-corrected chi connectivity index (χ3v) is 4.70. The van der Waals surface area contributed by atoms with Crippen LogP contribution in [0.15, 0.2) is 83.5 Å². The Morgan fingerprint density at radius 2 is 1.61 bits per heavy atom. The first-order chi connectivity index (χ1) is 13.6. The van der Waals surface area contributed by atoms with E-state index < -0.39 is 0 Å². The van der Waals surface area contributed by atoms with Gasteiger partial charge in [-0.05, 0) is 35.7 Å². The molecule has 0 saturated heterocycles. The van der Waals surface area contributed by atoms with Gasteiger partial charge < -0.3 is 14.7 Å². The number of amides is 1. The smallest absolute Gasteiger partial charge is 0.258 e. The Labute approximate surface area is 164 Å². The molecule has 0 aliphatic carbocycles. The molecule has 1 amide bonds. The average molecular weight is 370 g/mol. The number of para-hydroxylation sites is 1. The lowest BCUT2D eigenvalue weighted by atomic mass is 9.95. The van der Waals surface area contributed by atoms with Crippen molar-refractivity contribution in [3.63, 3.8) is 0 Å². The number of nitrogens with one attached hydrogen (secondary N) is 2. The molecule has 0 radical (unpaired) electrons.